The Labute approximate surface area is 152 Å². The Morgan fingerprint density at radius 2 is 1.50 bits per heavy atom. The summed E-state index contributed by atoms with van der Waals surface area (Å²) in [6.07, 6.45) is 5.23. The Kier molecular flexibility index (Phi) is 4.43. The second kappa shape index (κ2) is 7.19. The van der Waals surface area contributed by atoms with Crippen LogP contribution >= 0.6 is 0 Å². The molecule has 26 heavy (non-hydrogen) atoms. The Bertz CT molecular complexity index is 940. The van der Waals surface area contributed by atoms with Crippen molar-refractivity contribution in [3.05, 3.63) is 102 Å². The van der Waals surface area contributed by atoms with Crippen molar-refractivity contribution >= 4 is 5.82 Å². The minimum absolute atomic E-state index is 0.00374. The molecule has 4 aromatic rings. The molecule has 2 aromatic carbocycles. The van der Waals surface area contributed by atoms with Gasteiger partial charge in [0.05, 0.1) is 6.04 Å². The molecule has 0 aliphatic rings. The Hall–Kier alpha value is -3.47. The van der Waals surface area contributed by atoms with Crippen LogP contribution in [0.25, 0.3) is 5.82 Å². The van der Waals surface area contributed by atoms with Crippen molar-refractivity contribution in [3.8, 4) is 5.82 Å². The van der Waals surface area contributed by atoms with E-state index >= 15 is 0 Å². The molecular weight excluding hydrogens is 322 g/mol. The second-order valence-electron chi connectivity index (χ2n) is 6.00. The molecule has 0 atom stereocenters. The first-order valence-electron chi connectivity index (χ1n) is 8.50. The van der Waals surface area contributed by atoms with Crippen LogP contribution in [0.1, 0.15) is 23.0 Å². The first-order valence-corrected chi connectivity index (χ1v) is 8.50. The summed E-state index contributed by atoms with van der Waals surface area (Å²) in [6.45, 7) is 1.95. The number of benzene rings is 2. The third-order valence-corrected chi connectivity index (χ3v) is 4.28. The van der Waals surface area contributed by atoms with E-state index in [0.29, 0.717) is 0 Å². The van der Waals surface area contributed by atoms with Gasteiger partial charge in [0.1, 0.15) is 23.8 Å². The minimum atomic E-state index is 0.00374. The van der Waals surface area contributed by atoms with Gasteiger partial charge in [-0.2, -0.15) is 0 Å². The molecule has 0 radical (unpaired) electrons. The highest BCUT2D eigenvalue weighted by atomic mass is 15.1. The zero-order valence-electron chi connectivity index (χ0n) is 14.4. The predicted molar refractivity (Wildman–Crippen MR) is 102 cm³/mol. The molecule has 5 nitrogen and oxygen atoms in total. The summed E-state index contributed by atoms with van der Waals surface area (Å²) in [5.74, 6) is 2.44. The van der Waals surface area contributed by atoms with Crippen LogP contribution in [0, 0.1) is 6.92 Å². The summed E-state index contributed by atoms with van der Waals surface area (Å²) in [6, 6.07) is 22.7. The molecule has 0 fully saturated rings. The van der Waals surface area contributed by atoms with Crippen molar-refractivity contribution < 1.29 is 0 Å². The zero-order chi connectivity index (χ0) is 17.8. The van der Waals surface area contributed by atoms with Gasteiger partial charge >= 0.3 is 0 Å². The number of aromatic nitrogens is 4. The second-order valence-corrected chi connectivity index (χ2v) is 6.00. The molecule has 2 heterocycles. The minimum Gasteiger partial charge on any atom is -0.359 e. The van der Waals surface area contributed by atoms with Gasteiger partial charge in [-0.1, -0.05) is 60.7 Å². The highest BCUT2D eigenvalue weighted by Gasteiger charge is 2.15. The molecule has 5 heteroatoms. The number of anilines is 1. The number of rotatable bonds is 5. The van der Waals surface area contributed by atoms with Crippen molar-refractivity contribution in [2.75, 3.05) is 5.32 Å². The van der Waals surface area contributed by atoms with Gasteiger partial charge in [-0.3, -0.25) is 4.57 Å². The summed E-state index contributed by atoms with van der Waals surface area (Å²) < 4.78 is 1.94. The highest BCUT2D eigenvalue weighted by Crippen LogP contribution is 2.26. The molecular formula is C21H19N5. The fourth-order valence-electron chi connectivity index (χ4n) is 2.98. The van der Waals surface area contributed by atoms with Crippen LogP contribution in [0.2, 0.25) is 0 Å². The van der Waals surface area contributed by atoms with Crippen LogP contribution in [0.15, 0.2) is 85.5 Å². The topological polar surface area (TPSA) is 55.6 Å². The standard InChI is InChI=1S/C21H19N5/c1-16-22-12-13-26(16)20-14-19(23-15-24-20)25-21(17-8-4-2-5-9-17)18-10-6-3-7-11-18/h2-15,21H,1H3,(H,23,24,25). The van der Waals surface area contributed by atoms with Gasteiger partial charge in [0, 0.05) is 18.5 Å². The number of nitrogens with zero attached hydrogens (tertiary/aromatic N) is 4. The van der Waals surface area contributed by atoms with Crippen molar-refractivity contribution in [2.45, 2.75) is 13.0 Å². The molecule has 0 amide bonds. The van der Waals surface area contributed by atoms with Gasteiger partial charge in [0.2, 0.25) is 0 Å². The van der Waals surface area contributed by atoms with E-state index in [1.165, 1.54) is 11.1 Å². The average molecular weight is 341 g/mol. The smallest absolute Gasteiger partial charge is 0.143 e. The SMILES string of the molecule is Cc1nccn1-c1cc(NC(c2ccccc2)c2ccccc2)ncn1. The van der Waals surface area contributed by atoms with Gasteiger partial charge in [0.15, 0.2) is 0 Å². The van der Waals surface area contributed by atoms with Crippen LogP contribution in [-0.4, -0.2) is 19.5 Å². The van der Waals surface area contributed by atoms with Gasteiger partial charge in [-0.05, 0) is 18.1 Å². The third kappa shape index (κ3) is 3.32. The zero-order valence-corrected chi connectivity index (χ0v) is 14.4. The molecule has 0 unspecified atom stereocenters. The lowest BCUT2D eigenvalue weighted by molar-refractivity contribution is 0.896. The maximum Gasteiger partial charge on any atom is 0.143 e. The summed E-state index contributed by atoms with van der Waals surface area (Å²) in [7, 11) is 0. The van der Waals surface area contributed by atoms with E-state index in [1.54, 1.807) is 12.5 Å². The maximum absolute atomic E-state index is 4.41. The highest BCUT2D eigenvalue weighted by molar-refractivity contribution is 5.47. The lowest BCUT2D eigenvalue weighted by Gasteiger charge is -2.20. The Morgan fingerprint density at radius 3 is 2.08 bits per heavy atom. The van der Waals surface area contributed by atoms with Crippen LogP contribution in [0.4, 0.5) is 5.82 Å². The van der Waals surface area contributed by atoms with E-state index in [1.807, 2.05) is 60.2 Å². The van der Waals surface area contributed by atoms with Crippen LogP contribution in [0.5, 0.6) is 0 Å². The normalized spacial score (nSPS) is 10.8. The lowest BCUT2D eigenvalue weighted by atomic mass is 9.99. The molecule has 1 N–H and O–H groups in total. The Balaban J connectivity index is 1.70. The predicted octanol–water partition coefficient (Wildman–Crippen LogP) is 4.17. The molecule has 2 aromatic heterocycles. The maximum atomic E-state index is 4.41. The monoisotopic (exact) mass is 341 g/mol. The van der Waals surface area contributed by atoms with Crippen LogP contribution < -0.4 is 5.32 Å². The molecule has 0 saturated carbocycles. The quantitative estimate of drug-likeness (QED) is 0.592. The van der Waals surface area contributed by atoms with Gasteiger partial charge in [-0.25, -0.2) is 15.0 Å². The number of imidazole rings is 1. The third-order valence-electron chi connectivity index (χ3n) is 4.28. The fraction of sp³-hybridized carbons (Fsp3) is 0.0952. The van der Waals surface area contributed by atoms with E-state index in [9.17, 15) is 0 Å². The molecule has 0 aliphatic carbocycles. The number of hydrogen-bond acceptors (Lipinski definition) is 4. The Morgan fingerprint density at radius 1 is 0.846 bits per heavy atom. The van der Waals surface area contributed by atoms with Crippen molar-refractivity contribution in [2.24, 2.45) is 0 Å². The molecule has 0 bridgehead atoms. The molecule has 0 spiro atoms. The van der Waals surface area contributed by atoms with Crippen molar-refractivity contribution in [1.82, 2.24) is 19.5 Å². The summed E-state index contributed by atoms with van der Waals surface area (Å²) in [5, 5.41) is 3.55. The van der Waals surface area contributed by atoms with E-state index in [0.717, 1.165) is 17.5 Å². The number of aryl methyl sites for hydroxylation is 1. The van der Waals surface area contributed by atoms with E-state index in [4.69, 9.17) is 0 Å². The van der Waals surface area contributed by atoms with E-state index in [-0.39, 0.29) is 6.04 Å². The molecule has 128 valence electrons. The summed E-state index contributed by atoms with van der Waals surface area (Å²) in [5.41, 5.74) is 2.36. The summed E-state index contributed by atoms with van der Waals surface area (Å²) >= 11 is 0. The lowest BCUT2D eigenvalue weighted by Crippen LogP contribution is -2.14. The van der Waals surface area contributed by atoms with Crippen molar-refractivity contribution in [3.63, 3.8) is 0 Å². The van der Waals surface area contributed by atoms with Crippen LogP contribution in [0.3, 0.4) is 0 Å². The van der Waals surface area contributed by atoms with Gasteiger partial charge in [0.25, 0.3) is 0 Å². The number of hydrogen-bond donors (Lipinski definition) is 1. The molecule has 4 rings (SSSR count). The van der Waals surface area contributed by atoms with E-state index in [2.05, 4.69) is 44.5 Å². The largest absolute Gasteiger partial charge is 0.359 e. The van der Waals surface area contributed by atoms with Gasteiger partial charge < -0.3 is 5.32 Å². The average Bonchev–Trinajstić information content (AvgIpc) is 3.14. The fourth-order valence-corrected chi connectivity index (χ4v) is 2.98. The molecule has 0 saturated heterocycles. The first kappa shape index (κ1) is 16.0. The van der Waals surface area contributed by atoms with Crippen LogP contribution in [-0.2, 0) is 0 Å². The molecule has 0 aliphatic heterocycles. The first-order chi connectivity index (χ1) is 12.8. The summed E-state index contributed by atoms with van der Waals surface area (Å²) in [4.78, 5) is 13.0. The number of nitrogens with one attached hydrogen (secondary N) is 1. The van der Waals surface area contributed by atoms with Gasteiger partial charge in [-0.15, -0.1) is 0 Å². The van der Waals surface area contributed by atoms with E-state index < -0.39 is 0 Å². The van der Waals surface area contributed by atoms with Crippen molar-refractivity contribution in [1.29, 1.82) is 0 Å².